The molecule has 5 heteroatoms. The van der Waals surface area contributed by atoms with Crippen LogP contribution in [0.3, 0.4) is 0 Å². The van der Waals surface area contributed by atoms with Crippen molar-refractivity contribution in [1.82, 2.24) is 0 Å². The van der Waals surface area contributed by atoms with E-state index in [4.69, 9.17) is 9.15 Å². The highest BCUT2D eigenvalue weighted by Crippen LogP contribution is 2.39. The van der Waals surface area contributed by atoms with E-state index in [1.165, 1.54) is 6.07 Å². The van der Waals surface area contributed by atoms with Crippen LogP contribution in [0.2, 0.25) is 0 Å². The van der Waals surface area contributed by atoms with Crippen LogP contribution < -0.4 is 0 Å². The largest absolute Gasteiger partial charge is 0.462 e. The van der Waals surface area contributed by atoms with Gasteiger partial charge in [-0.3, -0.25) is 0 Å². The Morgan fingerprint density at radius 2 is 1.75 bits per heavy atom. The zero-order valence-electron chi connectivity index (χ0n) is 15.0. The van der Waals surface area contributed by atoms with Crippen molar-refractivity contribution in [3.05, 3.63) is 81.7 Å². The van der Waals surface area contributed by atoms with Crippen molar-refractivity contribution in [2.75, 3.05) is 6.61 Å². The molecule has 0 radical (unpaired) electrons. The van der Waals surface area contributed by atoms with E-state index in [0.29, 0.717) is 11.0 Å². The van der Waals surface area contributed by atoms with Crippen LogP contribution in [-0.2, 0) is 4.74 Å². The molecule has 3 nitrogen and oxygen atoms in total. The van der Waals surface area contributed by atoms with Crippen LogP contribution in [0.4, 0.5) is 4.39 Å². The van der Waals surface area contributed by atoms with Gasteiger partial charge in [-0.05, 0) is 64.9 Å². The van der Waals surface area contributed by atoms with Gasteiger partial charge in [0.15, 0.2) is 5.76 Å². The van der Waals surface area contributed by atoms with Crippen LogP contribution in [0, 0.1) is 9.39 Å². The van der Waals surface area contributed by atoms with E-state index in [1.54, 1.807) is 25.1 Å². The number of esters is 1. The fourth-order valence-corrected chi connectivity index (χ4v) is 3.95. The highest BCUT2D eigenvalue weighted by molar-refractivity contribution is 14.1. The van der Waals surface area contributed by atoms with Crippen LogP contribution in [0.25, 0.3) is 33.4 Å². The Kier molecular flexibility index (Phi) is 5.17. The molecule has 0 aliphatic rings. The Morgan fingerprint density at radius 1 is 1.04 bits per heavy atom. The summed E-state index contributed by atoms with van der Waals surface area (Å²) in [5, 5.41) is 0.607. The number of furan rings is 1. The van der Waals surface area contributed by atoms with Gasteiger partial charge in [-0.2, -0.15) is 0 Å². The Labute approximate surface area is 175 Å². The maximum absolute atomic E-state index is 14.4. The van der Waals surface area contributed by atoms with Crippen molar-refractivity contribution in [1.29, 1.82) is 0 Å². The summed E-state index contributed by atoms with van der Waals surface area (Å²) in [4.78, 5) is 12.8. The standard InChI is InChI=1S/C23H16FIO3/c1-2-27-23(26)21-17-12-16(14-8-4-3-5-9-14)19(25)13-20(17)28-22(21)15-10-6-7-11-18(15)24/h3-13H,2H2,1H3. The van der Waals surface area contributed by atoms with E-state index >= 15 is 0 Å². The lowest BCUT2D eigenvalue weighted by Crippen LogP contribution is -2.05. The zero-order valence-corrected chi connectivity index (χ0v) is 17.2. The molecule has 3 aromatic carbocycles. The molecule has 1 heterocycles. The van der Waals surface area contributed by atoms with Gasteiger partial charge in [0.05, 0.1) is 12.2 Å². The van der Waals surface area contributed by atoms with Crippen LogP contribution >= 0.6 is 22.6 Å². The zero-order chi connectivity index (χ0) is 19.7. The van der Waals surface area contributed by atoms with Crippen LogP contribution in [0.15, 0.2) is 71.1 Å². The van der Waals surface area contributed by atoms with Crippen LogP contribution in [0.1, 0.15) is 17.3 Å². The van der Waals surface area contributed by atoms with E-state index in [-0.39, 0.29) is 23.5 Å². The molecule has 0 bridgehead atoms. The number of rotatable bonds is 4. The molecule has 0 fully saturated rings. The first kappa shape index (κ1) is 18.7. The molecule has 0 N–H and O–H groups in total. The Balaban J connectivity index is 2.02. The summed E-state index contributed by atoms with van der Waals surface area (Å²) in [6, 6.07) is 19.9. The molecule has 0 atom stereocenters. The molecule has 0 amide bonds. The number of benzene rings is 3. The lowest BCUT2D eigenvalue weighted by atomic mass is 10.0. The van der Waals surface area contributed by atoms with Crippen molar-refractivity contribution < 1.29 is 18.3 Å². The van der Waals surface area contributed by atoms with E-state index in [0.717, 1.165) is 14.7 Å². The first-order valence-corrected chi connectivity index (χ1v) is 9.91. The maximum atomic E-state index is 14.4. The van der Waals surface area contributed by atoms with Crippen LogP contribution in [-0.4, -0.2) is 12.6 Å². The average molecular weight is 486 g/mol. The molecule has 140 valence electrons. The topological polar surface area (TPSA) is 39.4 Å². The first-order chi connectivity index (χ1) is 13.6. The van der Waals surface area contributed by atoms with Gasteiger partial charge in [0.25, 0.3) is 0 Å². The summed E-state index contributed by atoms with van der Waals surface area (Å²) in [5.41, 5.74) is 3.00. The average Bonchev–Trinajstić information content (AvgIpc) is 3.06. The highest BCUT2D eigenvalue weighted by Gasteiger charge is 2.26. The van der Waals surface area contributed by atoms with E-state index in [2.05, 4.69) is 22.6 Å². The quantitative estimate of drug-likeness (QED) is 0.239. The third-order valence-electron chi connectivity index (χ3n) is 4.46. The minimum absolute atomic E-state index is 0.188. The van der Waals surface area contributed by atoms with E-state index in [1.807, 2.05) is 42.5 Å². The molecule has 0 unspecified atom stereocenters. The molecule has 4 rings (SSSR count). The van der Waals surface area contributed by atoms with Gasteiger partial charge < -0.3 is 9.15 Å². The van der Waals surface area contributed by atoms with Gasteiger partial charge >= 0.3 is 5.97 Å². The number of fused-ring (bicyclic) bond motifs is 1. The number of halogens is 2. The van der Waals surface area contributed by atoms with Gasteiger partial charge in [-0.25, -0.2) is 9.18 Å². The number of ether oxygens (including phenoxy) is 1. The molecular formula is C23H16FIO3. The van der Waals surface area contributed by atoms with Crippen LogP contribution in [0.5, 0.6) is 0 Å². The monoisotopic (exact) mass is 486 g/mol. The predicted octanol–water partition coefficient (Wildman–Crippen LogP) is 6.69. The Bertz CT molecular complexity index is 1170. The number of carbonyl (C=O) groups is 1. The van der Waals surface area contributed by atoms with Gasteiger partial charge in [0.1, 0.15) is 17.0 Å². The molecule has 0 saturated carbocycles. The van der Waals surface area contributed by atoms with Gasteiger partial charge in [0.2, 0.25) is 0 Å². The summed E-state index contributed by atoms with van der Waals surface area (Å²) >= 11 is 2.24. The van der Waals surface area contributed by atoms with Gasteiger partial charge in [-0.15, -0.1) is 0 Å². The second-order valence-corrected chi connectivity index (χ2v) is 7.36. The maximum Gasteiger partial charge on any atom is 0.342 e. The Morgan fingerprint density at radius 3 is 2.46 bits per heavy atom. The predicted molar refractivity (Wildman–Crippen MR) is 116 cm³/mol. The molecule has 0 saturated heterocycles. The fourth-order valence-electron chi connectivity index (χ4n) is 3.20. The third-order valence-corrected chi connectivity index (χ3v) is 5.35. The molecular weight excluding hydrogens is 470 g/mol. The SMILES string of the molecule is CCOC(=O)c1c(-c2ccccc2F)oc2cc(I)c(-c3ccccc3)cc12. The summed E-state index contributed by atoms with van der Waals surface area (Å²) in [6.45, 7) is 1.96. The second kappa shape index (κ2) is 7.75. The van der Waals surface area contributed by atoms with Crippen molar-refractivity contribution in [2.45, 2.75) is 6.92 Å². The van der Waals surface area contributed by atoms with Crippen molar-refractivity contribution >= 4 is 39.5 Å². The smallest absolute Gasteiger partial charge is 0.342 e. The lowest BCUT2D eigenvalue weighted by Gasteiger charge is -2.06. The number of hydrogen-bond acceptors (Lipinski definition) is 3. The summed E-state index contributed by atoms with van der Waals surface area (Å²) in [5.74, 6) is -0.794. The second-order valence-electron chi connectivity index (χ2n) is 6.20. The fraction of sp³-hybridized carbons (Fsp3) is 0.0870. The van der Waals surface area contributed by atoms with E-state index < -0.39 is 11.8 Å². The first-order valence-electron chi connectivity index (χ1n) is 8.83. The molecule has 0 aliphatic heterocycles. The Hall–Kier alpha value is -2.67. The van der Waals surface area contributed by atoms with Gasteiger partial charge in [-0.1, -0.05) is 42.5 Å². The normalized spacial score (nSPS) is 11.0. The molecule has 4 aromatic rings. The molecule has 28 heavy (non-hydrogen) atoms. The summed E-state index contributed by atoms with van der Waals surface area (Å²) in [7, 11) is 0. The summed E-state index contributed by atoms with van der Waals surface area (Å²) in [6.07, 6.45) is 0. The molecule has 1 aromatic heterocycles. The minimum Gasteiger partial charge on any atom is -0.462 e. The summed E-state index contributed by atoms with van der Waals surface area (Å²) < 4.78 is 26.6. The number of carbonyl (C=O) groups excluding carboxylic acids is 1. The van der Waals surface area contributed by atoms with Crippen molar-refractivity contribution in [2.24, 2.45) is 0 Å². The van der Waals surface area contributed by atoms with Gasteiger partial charge in [0, 0.05) is 8.96 Å². The molecule has 0 spiro atoms. The number of hydrogen-bond donors (Lipinski definition) is 0. The minimum atomic E-state index is -0.528. The highest BCUT2D eigenvalue weighted by atomic mass is 127. The van der Waals surface area contributed by atoms with Crippen molar-refractivity contribution in [3.63, 3.8) is 0 Å². The third kappa shape index (κ3) is 3.30. The molecule has 0 aliphatic carbocycles. The van der Waals surface area contributed by atoms with Crippen molar-refractivity contribution in [3.8, 4) is 22.5 Å². The lowest BCUT2D eigenvalue weighted by molar-refractivity contribution is 0.0528. The van der Waals surface area contributed by atoms with E-state index in [9.17, 15) is 9.18 Å².